The summed E-state index contributed by atoms with van der Waals surface area (Å²) in [5.74, 6) is 1.18. The Hall–Kier alpha value is -3.96. The molecule has 0 bridgehead atoms. The minimum atomic E-state index is 0.289. The van der Waals surface area contributed by atoms with E-state index in [4.69, 9.17) is 10.00 Å². The third kappa shape index (κ3) is 4.06. The molecule has 0 atom stereocenters. The first-order valence-corrected chi connectivity index (χ1v) is 9.90. The molecule has 148 valence electrons. The highest BCUT2D eigenvalue weighted by atomic mass is 32.1. The first kappa shape index (κ1) is 19.4. The van der Waals surface area contributed by atoms with E-state index in [1.165, 1.54) is 11.2 Å². The van der Waals surface area contributed by atoms with E-state index >= 15 is 0 Å². The number of fused-ring (bicyclic) bond motifs is 1. The van der Waals surface area contributed by atoms with Crippen LogP contribution in [0.5, 0.6) is 11.5 Å². The van der Waals surface area contributed by atoms with Gasteiger partial charge in [-0.3, -0.25) is 10.2 Å². The van der Waals surface area contributed by atoms with Crippen LogP contribution in [0.4, 0.5) is 11.4 Å². The number of pyridine rings is 1. The zero-order valence-electron chi connectivity index (χ0n) is 16.3. The van der Waals surface area contributed by atoms with Crippen molar-refractivity contribution in [1.82, 2.24) is 9.97 Å². The summed E-state index contributed by atoms with van der Waals surface area (Å²) < 4.78 is 6.94. The quantitative estimate of drug-likeness (QED) is 0.353. The van der Waals surface area contributed by atoms with Crippen molar-refractivity contribution in [3.05, 3.63) is 71.0 Å². The first-order valence-electron chi connectivity index (χ1n) is 9.09. The van der Waals surface area contributed by atoms with Crippen LogP contribution in [0.2, 0.25) is 0 Å². The third-order valence-electron chi connectivity index (χ3n) is 4.36. The number of nitrogens with one attached hydrogen (secondary N) is 1. The molecule has 0 aliphatic carbocycles. The third-order valence-corrected chi connectivity index (χ3v) is 5.31. The molecular weight excluding hydrogens is 398 g/mol. The van der Waals surface area contributed by atoms with Gasteiger partial charge in [-0.15, -0.1) is 11.3 Å². The minimum Gasteiger partial charge on any atom is -0.457 e. The Balaban J connectivity index is 1.53. The van der Waals surface area contributed by atoms with Crippen molar-refractivity contribution in [2.75, 3.05) is 10.4 Å². The van der Waals surface area contributed by atoms with Crippen molar-refractivity contribution in [3.63, 3.8) is 0 Å². The molecule has 30 heavy (non-hydrogen) atoms. The Kier molecular flexibility index (Phi) is 5.28. The van der Waals surface area contributed by atoms with Crippen molar-refractivity contribution < 1.29 is 9.53 Å². The molecule has 0 aliphatic rings. The van der Waals surface area contributed by atoms with Gasteiger partial charge in [0.2, 0.25) is 6.41 Å². The van der Waals surface area contributed by atoms with Gasteiger partial charge in [0.15, 0.2) is 0 Å². The van der Waals surface area contributed by atoms with Crippen molar-refractivity contribution in [2.24, 2.45) is 0 Å². The number of aryl methyl sites for hydroxylation is 2. The lowest BCUT2D eigenvalue weighted by Gasteiger charge is -2.20. The second-order valence-corrected chi connectivity index (χ2v) is 7.78. The second-order valence-electron chi connectivity index (χ2n) is 6.54. The average molecular weight is 415 g/mol. The number of hydrogen-bond donors (Lipinski definition) is 1. The molecule has 4 aromatic rings. The number of carbonyl (C=O) groups is 1. The zero-order valence-corrected chi connectivity index (χ0v) is 17.1. The summed E-state index contributed by atoms with van der Waals surface area (Å²) in [4.78, 5) is 20.1. The fraction of sp³-hybridized carbons (Fsp3) is 0.0909. The van der Waals surface area contributed by atoms with Gasteiger partial charge in [0.05, 0.1) is 26.6 Å². The van der Waals surface area contributed by atoms with Gasteiger partial charge in [0.1, 0.15) is 23.3 Å². The molecule has 0 spiro atoms. The smallest absolute Gasteiger partial charge is 0.232 e. The summed E-state index contributed by atoms with van der Waals surface area (Å²) in [6.07, 6.45) is 2.25. The van der Waals surface area contributed by atoms with E-state index in [1.807, 2.05) is 50.2 Å². The van der Waals surface area contributed by atoms with Gasteiger partial charge < -0.3 is 4.74 Å². The van der Waals surface area contributed by atoms with E-state index in [9.17, 15) is 4.79 Å². The number of rotatable bonds is 6. The standard InChI is InChI=1S/C22H17N5O2S/c1-14-9-16(3-5-21(14)29-19-7-8-24-17(10-19)12-23)26-27(13-28)18-4-6-22-20(11-18)25-15(2)30-22/h3-11,13,26H,1-2H3. The molecule has 2 heterocycles. The van der Waals surface area contributed by atoms with Crippen LogP contribution in [0.25, 0.3) is 10.2 Å². The zero-order chi connectivity index (χ0) is 21.1. The van der Waals surface area contributed by atoms with Gasteiger partial charge in [-0.1, -0.05) is 0 Å². The first-order chi connectivity index (χ1) is 14.6. The fourth-order valence-corrected chi connectivity index (χ4v) is 3.78. The predicted octanol–water partition coefficient (Wildman–Crippen LogP) is 4.96. The van der Waals surface area contributed by atoms with Crippen molar-refractivity contribution in [2.45, 2.75) is 13.8 Å². The summed E-state index contributed by atoms with van der Waals surface area (Å²) in [6.45, 7) is 3.86. The number of benzene rings is 2. The Morgan fingerprint density at radius 3 is 2.80 bits per heavy atom. The molecule has 0 aliphatic heterocycles. The average Bonchev–Trinajstić information content (AvgIpc) is 3.13. The molecule has 0 saturated heterocycles. The van der Waals surface area contributed by atoms with E-state index < -0.39 is 0 Å². The van der Waals surface area contributed by atoms with E-state index in [-0.39, 0.29) is 5.69 Å². The van der Waals surface area contributed by atoms with Crippen LogP contribution in [0.15, 0.2) is 54.7 Å². The van der Waals surface area contributed by atoms with Crippen LogP contribution < -0.4 is 15.2 Å². The molecule has 1 amide bonds. The monoisotopic (exact) mass is 415 g/mol. The lowest BCUT2D eigenvalue weighted by Crippen LogP contribution is -2.28. The number of carbonyl (C=O) groups excluding carboxylic acids is 1. The lowest BCUT2D eigenvalue weighted by atomic mass is 10.2. The lowest BCUT2D eigenvalue weighted by molar-refractivity contribution is -0.107. The molecule has 2 aromatic carbocycles. The Bertz CT molecular complexity index is 1280. The van der Waals surface area contributed by atoms with Gasteiger partial charge in [0, 0.05) is 12.3 Å². The number of anilines is 2. The number of hydrogen-bond acceptors (Lipinski definition) is 7. The summed E-state index contributed by atoms with van der Waals surface area (Å²) in [5, 5.41) is 11.4. The van der Waals surface area contributed by atoms with Crippen LogP contribution in [-0.2, 0) is 4.79 Å². The van der Waals surface area contributed by atoms with Gasteiger partial charge in [-0.05, 0) is 61.9 Å². The molecule has 0 saturated carbocycles. The van der Waals surface area contributed by atoms with E-state index in [1.54, 1.807) is 29.5 Å². The molecule has 8 heteroatoms. The minimum absolute atomic E-state index is 0.289. The maximum Gasteiger partial charge on any atom is 0.232 e. The largest absolute Gasteiger partial charge is 0.457 e. The number of aromatic nitrogens is 2. The molecule has 0 fully saturated rings. The van der Waals surface area contributed by atoms with Gasteiger partial charge in [-0.25, -0.2) is 15.0 Å². The SMILES string of the molecule is Cc1nc2cc(N(C=O)Nc3ccc(Oc4ccnc(C#N)c4)c(C)c3)ccc2s1. The maximum absolute atomic E-state index is 11.7. The summed E-state index contributed by atoms with van der Waals surface area (Å²) in [5.41, 5.74) is 6.54. The van der Waals surface area contributed by atoms with Crippen LogP contribution in [0.3, 0.4) is 0 Å². The number of nitriles is 1. The highest BCUT2D eigenvalue weighted by Crippen LogP contribution is 2.29. The van der Waals surface area contributed by atoms with E-state index in [0.717, 1.165) is 32.9 Å². The highest BCUT2D eigenvalue weighted by Gasteiger charge is 2.10. The molecular formula is C22H17N5O2S. The van der Waals surface area contributed by atoms with Gasteiger partial charge in [0.25, 0.3) is 0 Å². The second kappa shape index (κ2) is 8.19. The van der Waals surface area contributed by atoms with Crippen molar-refractivity contribution in [1.29, 1.82) is 5.26 Å². The van der Waals surface area contributed by atoms with Crippen molar-refractivity contribution in [3.8, 4) is 17.6 Å². The van der Waals surface area contributed by atoms with Crippen molar-refractivity contribution >= 4 is 39.3 Å². The highest BCUT2D eigenvalue weighted by molar-refractivity contribution is 7.18. The predicted molar refractivity (Wildman–Crippen MR) is 117 cm³/mol. The maximum atomic E-state index is 11.7. The van der Waals surface area contributed by atoms with Crippen LogP contribution in [-0.4, -0.2) is 16.4 Å². The van der Waals surface area contributed by atoms with E-state index in [2.05, 4.69) is 15.4 Å². The molecule has 4 rings (SSSR count). The molecule has 2 aromatic heterocycles. The number of amides is 1. The molecule has 0 radical (unpaired) electrons. The summed E-state index contributed by atoms with van der Waals surface area (Å²) >= 11 is 1.62. The number of hydrazine groups is 1. The number of nitrogens with zero attached hydrogens (tertiary/aromatic N) is 4. The number of thiazole rings is 1. The Morgan fingerprint density at radius 1 is 1.17 bits per heavy atom. The number of ether oxygens (including phenoxy) is 1. The molecule has 0 unspecified atom stereocenters. The van der Waals surface area contributed by atoms with E-state index in [0.29, 0.717) is 17.2 Å². The normalized spacial score (nSPS) is 10.4. The Morgan fingerprint density at radius 2 is 2.03 bits per heavy atom. The molecule has 7 nitrogen and oxygen atoms in total. The Labute approximate surface area is 177 Å². The molecule has 1 N–H and O–H groups in total. The van der Waals surface area contributed by atoms with Gasteiger partial charge in [-0.2, -0.15) is 5.26 Å². The summed E-state index contributed by atoms with van der Waals surface area (Å²) in [7, 11) is 0. The summed E-state index contributed by atoms with van der Waals surface area (Å²) in [6, 6.07) is 16.5. The van der Waals surface area contributed by atoms with Crippen LogP contribution >= 0.6 is 11.3 Å². The topological polar surface area (TPSA) is 91.1 Å². The van der Waals surface area contributed by atoms with Crippen LogP contribution in [0.1, 0.15) is 16.3 Å². The fourth-order valence-electron chi connectivity index (χ4n) is 2.97. The van der Waals surface area contributed by atoms with Gasteiger partial charge >= 0.3 is 0 Å². The van der Waals surface area contributed by atoms with Crippen LogP contribution in [0, 0.1) is 25.2 Å².